The van der Waals surface area contributed by atoms with Gasteiger partial charge in [0.2, 0.25) is 5.91 Å². The third-order valence-electron chi connectivity index (χ3n) is 15.8. The third kappa shape index (κ3) is 59.7. The van der Waals surface area contributed by atoms with Gasteiger partial charge in [0.05, 0.1) is 25.4 Å². The number of aliphatic hydroxyl groups excluding tert-OH is 2. The van der Waals surface area contributed by atoms with Crippen LogP contribution in [-0.4, -0.2) is 47.4 Å². The molecule has 0 heterocycles. The molecule has 0 aromatic heterocycles. The first-order valence-corrected chi connectivity index (χ1v) is 33.4. The molecule has 73 heavy (non-hydrogen) atoms. The van der Waals surface area contributed by atoms with E-state index >= 15 is 0 Å². The summed E-state index contributed by atoms with van der Waals surface area (Å²) in [7, 11) is 0. The quantitative estimate of drug-likeness (QED) is 0.0320. The monoisotopic (exact) mass is 1030 g/mol. The summed E-state index contributed by atoms with van der Waals surface area (Å²) in [6.45, 7) is 4.97. The number of esters is 1. The molecule has 434 valence electrons. The molecule has 0 aliphatic carbocycles. The fourth-order valence-corrected chi connectivity index (χ4v) is 10.7. The second-order valence-electron chi connectivity index (χ2n) is 23.2. The highest BCUT2D eigenvalue weighted by atomic mass is 16.5. The minimum atomic E-state index is -0.662. The predicted molar refractivity (Wildman–Crippen MR) is 320 cm³/mol. The molecule has 0 aliphatic heterocycles. The van der Waals surface area contributed by atoms with Crippen LogP contribution < -0.4 is 5.32 Å². The second-order valence-corrected chi connectivity index (χ2v) is 23.2. The zero-order valence-corrected chi connectivity index (χ0v) is 49.6. The van der Waals surface area contributed by atoms with Crippen LogP contribution in [0.15, 0.2) is 12.2 Å². The Morgan fingerprint density at radius 1 is 0.370 bits per heavy atom. The summed E-state index contributed by atoms with van der Waals surface area (Å²) in [5.74, 6) is -0.0194. The first-order chi connectivity index (χ1) is 36.0. The maximum atomic E-state index is 12.5. The van der Waals surface area contributed by atoms with Gasteiger partial charge in [-0.05, 0) is 51.4 Å². The molecule has 0 spiro atoms. The van der Waals surface area contributed by atoms with E-state index in [4.69, 9.17) is 4.74 Å². The standard InChI is InChI=1S/C67H131NO5/c1-3-5-7-9-11-13-15-17-18-32-36-39-43-47-51-55-59-65(70)64(63-69)68-66(71)60-56-52-48-44-40-37-33-30-28-26-24-22-20-19-21-23-25-27-29-31-34-38-42-46-50-54-58-62-73-67(72)61-57-53-49-45-41-35-16-14-12-10-8-6-4-2/h14,16,64-65,69-70H,3-13,15,17-63H2,1-2H3,(H,68,71)/b16-14-. The summed E-state index contributed by atoms with van der Waals surface area (Å²) in [5.41, 5.74) is 0. The average molecular weight is 1030 g/mol. The molecule has 0 radical (unpaired) electrons. The number of allylic oxidation sites excluding steroid dienone is 2. The fourth-order valence-electron chi connectivity index (χ4n) is 10.7. The van der Waals surface area contributed by atoms with Crippen LogP contribution in [0.1, 0.15) is 380 Å². The predicted octanol–water partition coefficient (Wildman–Crippen LogP) is 21.2. The summed E-state index contributed by atoms with van der Waals surface area (Å²) in [6, 6.07) is -0.538. The number of carbonyl (C=O) groups is 2. The highest BCUT2D eigenvalue weighted by molar-refractivity contribution is 5.76. The van der Waals surface area contributed by atoms with Crippen LogP contribution >= 0.6 is 0 Å². The lowest BCUT2D eigenvalue weighted by Gasteiger charge is -2.22. The lowest BCUT2D eigenvalue weighted by atomic mass is 10.0. The van der Waals surface area contributed by atoms with Crippen molar-refractivity contribution in [1.82, 2.24) is 5.32 Å². The van der Waals surface area contributed by atoms with E-state index in [0.29, 0.717) is 25.9 Å². The van der Waals surface area contributed by atoms with Crippen molar-refractivity contribution in [3.05, 3.63) is 12.2 Å². The lowest BCUT2D eigenvalue weighted by molar-refractivity contribution is -0.143. The smallest absolute Gasteiger partial charge is 0.305 e. The summed E-state index contributed by atoms with van der Waals surface area (Å²) >= 11 is 0. The Morgan fingerprint density at radius 2 is 0.644 bits per heavy atom. The van der Waals surface area contributed by atoms with E-state index in [-0.39, 0.29) is 18.5 Å². The molecule has 0 bridgehead atoms. The van der Waals surface area contributed by atoms with Crippen molar-refractivity contribution < 1.29 is 24.5 Å². The Bertz CT molecular complexity index is 1100. The van der Waals surface area contributed by atoms with E-state index < -0.39 is 12.1 Å². The fraction of sp³-hybridized carbons (Fsp3) is 0.940. The van der Waals surface area contributed by atoms with Gasteiger partial charge in [0, 0.05) is 12.8 Å². The highest BCUT2D eigenvalue weighted by Crippen LogP contribution is 2.19. The van der Waals surface area contributed by atoms with E-state index in [9.17, 15) is 19.8 Å². The van der Waals surface area contributed by atoms with Crippen molar-refractivity contribution >= 4 is 11.9 Å². The SMILES string of the molecule is CCCCCC/C=C\CCCCCCCC(=O)OCCCCCCCCCCCCCCCCCCCCCCCCCCCCCC(=O)NC(CO)C(O)CCCCCCCCCCCCCCCCCC. The molecule has 0 saturated heterocycles. The van der Waals surface area contributed by atoms with E-state index in [2.05, 4.69) is 31.3 Å². The van der Waals surface area contributed by atoms with Gasteiger partial charge in [0.25, 0.3) is 0 Å². The summed E-state index contributed by atoms with van der Waals surface area (Å²) < 4.78 is 5.48. The lowest BCUT2D eigenvalue weighted by Crippen LogP contribution is -2.45. The van der Waals surface area contributed by atoms with Gasteiger partial charge in [-0.15, -0.1) is 0 Å². The van der Waals surface area contributed by atoms with Crippen molar-refractivity contribution in [3.8, 4) is 0 Å². The Labute approximate surface area is 457 Å². The Morgan fingerprint density at radius 3 is 0.986 bits per heavy atom. The minimum Gasteiger partial charge on any atom is -0.466 e. The van der Waals surface area contributed by atoms with Crippen LogP contribution in [0.2, 0.25) is 0 Å². The number of hydrogen-bond donors (Lipinski definition) is 3. The summed E-state index contributed by atoms with van der Waals surface area (Å²) in [6.07, 6.45) is 76.7. The Balaban J connectivity index is 3.34. The first kappa shape index (κ1) is 71.6. The van der Waals surface area contributed by atoms with Gasteiger partial charge in [-0.1, -0.05) is 328 Å². The molecular formula is C67H131NO5. The third-order valence-corrected chi connectivity index (χ3v) is 15.8. The Kier molecular flexibility index (Phi) is 61.9. The number of nitrogens with one attached hydrogen (secondary N) is 1. The van der Waals surface area contributed by atoms with E-state index in [1.54, 1.807) is 0 Å². The largest absolute Gasteiger partial charge is 0.466 e. The topological polar surface area (TPSA) is 95.9 Å². The van der Waals surface area contributed by atoms with Crippen LogP contribution in [-0.2, 0) is 14.3 Å². The van der Waals surface area contributed by atoms with Crippen molar-refractivity contribution in [2.75, 3.05) is 13.2 Å². The van der Waals surface area contributed by atoms with Gasteiger partial charge in [-0.3, -0.25) is 9.59 Å². The van der Waals surface area contributed by atoms with Crippen molar-refractivity contribution in [3.63, 3.8) is 0 Å². The molecule has 0 fully saturated rings. The zero-order chi connectivity index (χ0) is 52.9. The number of amides is 1. The number of rotatable bonds is 63. The van der Waals surface area contributed by atoms with Crippen LogP contribution in [0, 0.1) is 0 Å². The van der Waals surface area contributed by atoms with Gasteiger partial charge >= 0.3 is 5.97 Å². The summed E-state index contributed by atoms with van der Waals surface area (Å²) in [4.78, 5) is 24.5. The number of unbranched alkanes of at least 4 members (excludes halogenated alkanes) is 50. The van der Waals surface area contributed by atoms with Crippen LogP contribution in [0.3, 0.4) is 0 Å². The maximum absolute atomic E-state index is 12.5. The molecule has 2 unspecified atom stereocenters. The number of ether oxygens (including phenoxy) is 1. The molecule has 0 aliphatic rings. The molecular weight excluding hydrogens is 899 g/mol. The molecule has 0 aromatic rings. The van der Waals surface area contributed by atoms with Crippen molar-refractivity contribution in [2.24, 2.45) is 0 Å². The number of aliphatic hydroxyl groups is 2. The van der Waals surface area contributed by atoms with Gasteiger partial charge in [0.1, 0.15) is 0 Å². The summed E-state index contributed by atoms with van der Waals surface area (Å²) in [5, 5.41) is 23.3. The molecule has 0 rings (SSSR count). The van der Waals surface area contributed by atoms with E-state index in [0.717, 1.165) is 44.9 Å². The molecule has 3 N–H and O–H groups in total. The normalized spacial score (nSPS) is 12.5. The minimum absolute atomic E-state index is 0.00954. The van der Waals surface area contributed by atoms with E-state index in [1.807, 2.05) is 0 Å². The molecule has 1 amide bonds. The molecule has 0 saturated carbocycles. The van der Waals surface area contributed by atoms with Crippen molar-refractivity contribution in [2.45, 2.75) is 392 Å². The first-order valence-electron chi connectivity index (χ1n) is 33.4. The number of carbonyl (C=O) groups excluding carboxylic acids is 2. The Hall–Kier alpha value is -1.40. The maximum Gasteiger partial charge on any atom is 0.305 e. The zero-order valence-electron chi connectivity index (χ0n) is 49.6. The molecule has 0 aromatic carbocycles. The molecule has 2 atom stereocenters. The number of hydrogen-bond acceptors (Lipinski definition) is 5. The van der Waals surface area contributed by atoms with Gasteiger partial charge < -0.3 is 20.3 Å². The van der Waals surface area contributed by atoms with Gasteiger partial charge in [-0.2, -0.15) is 0 Å². The van der Waals surface area contributed by atoms with Crippen LogP contribution in [0.25, 0.3) is 0 Å². The van der Waals surface area contributed by atoms with Crippen LogP contribution in [0.4, 0.5) is 0 Å². The average Bonchev–Trinajstić information content (AvgIpc) is 3.39. The molecule has 6 nitrogen and oxygen atoms in total. The van der Waals surface area contributed by atoms with E-state index in [1.165, 1.54) is 302 Å². The van der Waals surface area contributed by atoms with Crippen LogP contribution in [0.5, 0.6) is 0 Å². The second kappa shape index (κ2) is 63.1. The molecule has 6 heteroatoms. The van der Waals surface area contributed by atoms with Gasteiger partial charge in [0.15, 0.2) is 0 Å². The van der Waals surface area contributed by atoms with Gasteiger partial charge in [-0.25, -0.2) is 0 Å². The van der Waals surface area contributed by atoms with Crippen molar-refractivity contribution in [1.29, 1.82) is 0 Å². The highest BCUT2D eigenvalue weighted by Gasteiger charge is 2.20.